The maximum absolute atomic E-state index is 13.0. The number of amidine groups is 1. The minimum absolute atomic E-state index is 0. The third-order valence-electron chi connectivity index (χ3n) is 4.88. The third kappa shape index (κ3) is 7.53. The standard InChI is InChI=1S/C25H25F3N2O2S.CH4/c1-17-6-11-23(18(2)14-17)33-24(29-21-9-7-20(8-10-21)25(26,27)28)30(12-13-31)16-19-4-3-5-22(32)15-19;/h3-11,14-15,31-32H,12-13,16H2,1-2H3;1H4. The molecule has 0 aliphatic rings. The number of hydrogen-bond acceptors (Lipinski definition) is 4. The topological polar surface area (TPSA) is 56.1 Å². The summed E-state index contributed by atoms with van der Waals surface area (Å²) >= 11 is 1.38. The molecule has 0 unspecified atom stereocenters. The highest BCUT2D eigenvalue weighted by Gasteiger charge is 2.30. The monoisotopic (exact) mass is 490 g/mol. The van der Waals surface area contributed by atoms with E-state index in [9.17, 15) is 23.4 Å². The summed E-state index contributed by atoms with van der Waals surface area (Å²) in [5.41, 5.74) is 2.60. The molecule has 4 nitrogen and oxygen atoms in total. The number of aliphatic hydroxyl groups is 1. The van der Waals surface area contributed by atoms with Gasteiger partial charge >= 0.3 is 6.18 Å². The second kappa shape index (κ2) is 11.9. The van der Waals surface area contributed by atoms with Gasteiger partial charge in [0.25, 0.3) is 0 Å². The lowest BCUT2D eigenvalue weighted by Gasteiger charge is -2.26. The maximum atomic E-state index is 13.0. The van der Waals surface area contributed by atoms with Gasteiger partial charge in [-0.15, -0.1) is 0 Å². The minimum Gasteiger partial charge on any atom is -0.508 e. The first kappa shape index (κ1) is 27.3. The van der Waals surface area contributed by atoms with Gasteiger partial charge < -0.3 is 15.1 Å². The highest BCUT2D eigenvalue weighted by atomic mass is 32.2. The van der Waals surface area contributed by atoms with Gasteiger partial charge in [0.1, 0.15) is 5.75 Å². The quantitative estimate of drug-likeness (QED) is 0.223. The largest absolute Gasteiger partial charge is 0.508 e. The summed E-state index contributed by atoms with van der Waals surface area (Å²) < 4.78 is 38.9. The van der Waals surface area contributed by atoms with Crippen LogP contribution in [0.2, 0.25) is 0 Å². The van der Waals surface area contributed by atoms with Crippen LogP contribution < -0.4 is 0 Å². The number of aromatic hydroxyl groups is 1. The van der Waals surface area contributed by atoms with Gasteiger partial charge in [0.05, 0.1) is 17.9 Å². The molecule has 0 fully saturated rings. The zero-order valence-corrected chi connectivity index (χ0v) is 19.1. The molecular weight excluding hydrogens is 461 g/mol. The van der Waals surface area contributed by atoms with E-state index in [0.29, 0.717) is 17.4 Å². The molecule has 0 aromatic heterocycles. The normalized spacial score (nSPS) is 11.8. The second-order valence-corrected chi connectivity index (χ2v) is 8.63. The molecule has 0 atom stereocenters. The molecule has 0 heterocycles. The van der Waals surface area contributed by atoms with E-state index in [1.807, 2.05) is 43.0 Å². The van der Waals surface area contributed by atoms with Crippen LogP contribution in [0.25, 0.3) is 0 Å². The molecule has 0 amide bonds. The van der Waals surface area contributed by atoms with Gasteiger partial charge in [0.2, 0.25) is 0 Å². The van der Waals surface area contributed by atoms with Crippen molar-refractivity contribution in [1.29, 1.82) is 0 Å². The molecule has 0 spiro atoms. The number of alkyl halides is 3. The molecule has 0 radical (unpaired) electrons. The van der Waals surface area contributed by atoms with Crippen LogP contribution in [0.15, 0.2) is 76.6 Å². The number of aliphatic hydroxyl groups excluding tert-OH is 1. The van der Waals surface area contributed by atoms with E-state index in [1.165, 1.54) is 23.9 Å². The molecule has 34 heavy (non-hydrogen) atoms. The first-order chi connectivity index (χ1) is 15.7. The Labute approximate surface area is 202 Å². The van der Waals surface area contributed by atoms with Crippen LogP contribution in [0.3, 0.4) is 0 Å². The van der Waals surface area contributed by atoms with Crippen LogP contribution in [-0.2, 0) is 12.7 Å². The number of rotatable bonds is 6. The fourth-order valence-corrected chi connectivity index (χ4v) is 4.23. The van der Waals surface area contributed by atoms with Gasteiger partial charge in [-0.25, -0.2) is 4.99 Å². The summed E-state index contributed by atoms with van der Waals surface area (Å²) in [5, 5.41) is 20.0. The highest BCUT2D eigenvalue weighted by molar-refractivity contribution is 8.13. The van der Waals surface area contributed by atoms with Crippen molar-refractivity contribution in [1.82, 2.24) is 4.90 Å². The Bertz CT molecular complexity index is 1120. The Morgan fingerprint density at radius 1 is 1.00 bits per heavy atom. The van der Waals surface area contributed by atoms with Crippen LogP contribution in [0.1, 0.15) is 29.7 Å². The molecule has 182 valence electrons. The fraction of sp³-hybridized carbons (Fsp3) is 0.269. The van der Waals surface area contributed by atoms with Crippen LogP contribution in [0.5, 0.6) is 5.75 Å². The summed E-state index contributed by atoms with van der Waals surface area (Å²) in [6.45, 7) is 4.45. The van der Waals surface area contributed by atoms with Crippen molar-refractivity contribution in [3.63, 3.8) is 0 Å². The number of halogens is 3. The molecule has 0 bridgehead atoms. The number of thioether (sulfide) groups is 1. The van der Waals surface area contributed by atoms with Crippen LogP contribution in [0, 0.1) is 13.8 Å². The van der Waals surface area contributed by atoms with Gasteiger partial charge in [0.15, 0.2) is 5.17 Å². The Morgan fingerprint density at radius 3 is 2.29 bits per heavy atom. The Balaban J connectivity index is 0.00000408. The lowest BCUT2D eigenvalue weighted by molar-refractivity contribution is -0.137. The maximum Gasteiger partial charge on any atom is 0.416 e. The van der Waals surface area contributed by atoms with Crippen molar-refractivity contribution in [2.24, 2.45) is 4.99 Å². The third-order valence-corrected chi connectivity index (χ3v) is 6.09. The van der Waals surface area contributed by atoms with E-state index in [4.69, 9.17) is 0 Å². The number of aryl methyl sites for hydroxylation is 2. The van der Waals surface area contributed by atoms with Crippen molar-refractivity contribution < 1.29 is 23.4 Å². The summed E-state index contributed by atoms with van der Waals surface area (Å²) in [7, 11) is 0. The van der Waals surface area contributed by atoms with E-state index in [-0.39, 0.29) is 26.3 Å². The molecule has 0 aliphatic carbocycles. The van der Waals surface area contributed by atoms with E-state index >= 15 is 0 Å². The van der Waals surface area contributed by atoms with E-state index in [0.717, 1.165) is 33.7 Å². The number of phenolic OH excluding ortho intramolecular Hbond substituents is 1. The molecule has 3 aromatic rings. The smallest absolute Gasteiger partial charge is 0.416 e. The minimum atomic E-state index is -4.42. The second-order valence-electron chi connectivity index (χ2n) is 7.63. The zero-order chi connectivity index (χ0) is 24.0. The first-order valence-electron chi connectivity index (χ1n) is 10.3. The SMILES string of the molecule is C.Cc1ccc(SC(=Nc2ccc(C(F)(F)F)cc2)N(CCO)Cc2cccc(O)c2)c(C)c1. The predicted molar refractivity (Wildman–Crippen MR) is 133 cm³/mol. The van der Waals surface area contributed by atoms with Crippen molar-refractivity contribution in [3.8, 4) is 5.75 Å². The fourth-order valence-electron chi connectivity index (χ4n) is 3.24. The predicted octanol–water partition coefficient (Wildman–Crippen LogP) is 6.94. The molecule has 3 aromatic carbocycles. The lowest BCUT2D eigenvalue weighted by Crippen LogP contribution is -2.31. The molecule has 0 saturated carbocycles. The summed E-state index contributed by atoms with van der Waals surface area (Å²) in [4.78, 5) is 7.44. The average molecular weight is 491 g/mol. The molecule has 0 aliphatic heterocycles. The van der Waals surface area contributed by atoms with Crippen LogP contribution in [0.4, 0.5) is 18.9 Å². The number of hydrogen-bond donors (Lipinski definition) is 2. The average Bonchev–Trinajstić information content (AvgIpc) is 2.74. The van der Waals surface area contributed by atoms with E-state index in [1.54, 1.807) is 18.2 Å². The summed E-state index contributed by atoms with van der Waals surface area (Å²) in [6, 6.07) is 17.4. The number of benzene rings is 3. The van der Waals surface area contributed by atoms with Crippen LogP contribution >= 0.6 is 11.8 Å². The van der Waals surface area contributed by atoms with Gasteiger partial charge in [0, 0.05) is 18.0 Å². The zero-order valence-electron chi connectivity index (χ0n) is 18.3. The Kier molecular flexibility index (Phi) is 9.58. The summed E-state index contributed by atoms with van der Waals surface area (Å²) in [6.07, 6.45) is -4.42. The van der Waals surface area contributed by atoms with Crippen molar-refractivity contribution in [2.45, 2.75) is 38.9 Å². The molecule has 3 rings (SSSR count). The van der Waals surface area contributed by atoms with E-state index < -0.39 is 11.7 Å². The first-order valence-corrected chi connectivity index (χ1v) is 11.1. The Morgan fingerprint density at radius 2 is 1.71 bits per heavy atom. The lowest BCUT2D eigenvalue weighted by atomic mass is 10.2. The molecule has 0 saturated heterocycles. The summed E-state index contributed by atoms with van der Waals surface area (Å²) in [5.74, 6) is 0.125. The molecule has 2 N–H and O–H groups in total. The van der Waals surface area contributed by atoms with Gasteiger partial charge in [-0.2, -0.15) is 13.2 Å². The van der Waals surface area contributed by atoms with E-state index in [2.05, 4.69) is 4.99 Å². The number of phenols is 1. The van der Waals surface area contributed by atoms with Crippen molar-refractivity contribution in [3.05, 3.63) is 89.0 Å². The highest BCUT2D eigenvalue weighted by Crippen LogP contribution is 2.32. The number of nitrogens with zero attached hydrogens (tertiary/aromatic N) is 2. The molecule has 8 heteroatoms. The van der Waals surface area contributed by atoms with Gasteiger partial charge in [-0.05, 0) is 67.4 Å². The van der Waals surface area contributed by atoms with Crippen molar-refractivity contribution >= 4 is 22.6 Å². The Hall–Kier alpha value is -2.97. The van der Waals surface area contributed by atoms with Crippen LogP contribution in [-0.4, -0.2) is 33.4 Å². The number of aliphatic imine (C=N–C) groups is 1. The molecular formula is C26H29F3N2O2S. The van der Waals surface area contributed by atoms with Crippen molar-refractivity contribution in [2.75, 3.05) is 13.2 Å². The van der Waals surface area contributed by atoms with Gasteiger partial charge in [-0.1, -0.05) is 49.0 Å². The van der Waals surface area contributed by atoms with Gasteiger partial charge in [-0.3, -0.25) is 0 Å².